The maximum absolute atomic E-state index is 13.2. The summed E-state index contributed by atoms with van der Waals surface area (Å²) in [5, 5.41) is 8.88. The molecule has 0 spiro atoms. The Morgan fingerprint density at radius 2 is 1.95 bits per heavy atom. The molecule has 0 radical (unpaired) electrons. The Hall–Kier alpha value is -1.47. The van der Waals surface area contributed by atoms with Crippen LogP contribution in [0.3, 0.4) is 0 Å². The molecule has 7 heteroatoms. The minimum absolute atomic E-state index is 0.116. The third-order valence-electron chi connectivity index (χ3n) is 2.59. The first-order valence-electron chi connectivity index (χ1n) is 5.92. The van der Waals surface area contributed by atoms with Crippen molar-refractivity contribution >= 4 is 27.8 Å². The third kappa shape index (κ3) is 4.90. The van der Waals surface area contributed by atoms with Gasteiger partial charge in [0.05, 0.1) is 5.56 Å². The average molecular weight is 347 g/mol. The standard InChI is InChI=1S/C13H16BrFN2O3/c1-16(2)5-6-17(8-12(18)19)13(20)10-7-9(15)3-4-11(10)14/h3-4,7H,5-6,8H2,1-2H3,(H,18,19). The second-order valence-corrected chi connectivity index (χ2v) is 5.40. The number of carbonyl (C=O) groups excluding carboxylic acids is 1. The van der Waals surface area contributed by atoms with Gasteiger partial charge in [-0.15, -0.1) is 0 Å². The van der Waals surface area contributed by atoms with E-state index >= 15 is 0 Å². The van der Waals surface area contributed by atoms with Gasteiger partial charge >= 0.3 is 5.97 Å². The van der Waals surface area contributed by atoms with Gasteiger partial charge in [0.1, 0.15) is 12.4 Å². The van der Waals surface area contributed by atoms with Crippen molar-refractivity contribution in [1.29, 1.82) is 0 Å². The molecule has 0 heterocycles. The highest BCUT2D eigenvalue weighted by Gasteiger charge is 2.21. The highest BCUT2D eigenvalue weighted by atomic mass is 79.9. The molecule has 5 nitrogen and oxygen atoms in total. The van der Waals surface area contributed by atoms with Gasteiger partial charge in [0, 0.05) is 17.6 Å². The van der Waals surface area contributed by atoms with Gasteiger partial charge in [-0.05, 0) is 48.2 Å². The summed E-state index contributed by atoms with van der Waals surface area (Å²) in [6.07, 6.45) is 0. The van der Waals surface area contributed by atoms with E-state index in [1.54, 1.807) is 0 Å². The number of rotatable bonds is 6. The van der Waals surface area contributed by atoms with Crippen LogP contribution in [0.4, 0.5) is 4.39 Å². The van der Waals surface area contributed by atoms with Crippen molar-refractivity contribution in [3.8, 4) is 0 Å². The van der Waals surface area contributed by atoms with E-state index in [1.165, 1.54) is 17.0 Å². The Kier molecular flexibility index (Phi) is 6.09. The molecule has 0 saturated heterocycles. The number of aliphatic carboxylic acids is 1. The van der Waals surface area contributed by atoms with Gasteiger partial charge in [-0.1, -0.05) is 0 Å². The molecular weight excluding hydrogens is 331 g/mol. The summed E-state index contributed by atoms with van der Waals surface area (Å²) in [5.74, 6) is -2.16. The Bertz CT molecular complexity index is 508. The smallest absolute Gasteiger partial charge is 0.323 e. The van der Waals surface area contributed by atoms with Crippen molar-refractivity contribution in [1.82, 2.24) is 9.80 Å². The van der Waals surface area contributed by atoms with E-state index in [4.69, 9.17) is 5.11 Å². The summed E-state index contributed by atoms with van der Waals surface area (Å²) in [4.78, 5) is 26.2. The third-order valence-corrected chi connectivity index (χ3v) is 3.28. The van der Waals surface area contributed by atoms with Crippen molar-refractivity contribution in [2.45, 2.75) is 0 Å². The maximum atomic E-state index is 13.2. The first-order chi connectivity index (χ1) is 9.31. The van der Waals surface area contributed by atoms with Gasteiger partial charge in [-0.3, -0.25) is 9.59 Å². The predicted molar refractivity (Wildman–Crippen MR) is 76.2 cm³/mol. The Balaban J connectivity index is 2.96. The Labute approximate surface area is 125 Å². The van der Waals surface area contributed by atoms with Crippen LogP contribution >= 0.6 is 15.9 Å². The van der Waals surface area contributed by atoms with E-state index < -0.39 is 24.2 Å². The zero-order valence-electron chi connectivity index (χ0n) is 11.3. The van der Waals surface area contributed by atoms with Crippen LogP contribution in [0, 0.1) is 5.82 Å². The van der Waals surface area contributed by atoms with Crippen molar-refractivity contribution in [2.24, 2.45) is 0 Å². The number of halogens is 2. The monoisotopic (exact) mass is 346 g/mol. The highest BCUT2D eigenvalue weighted by Crippen LogP contribution is 2.19. The molecule has 110 valence electrons. The lowest BCUT2D eigenvalue weighted by atomic mass is 10.2. The van der Waals surface area contributed by atoms with Gasteiger partial charge in [-0.25, -0.2) is 4.39 Å². The molecule has 1 amide bonds. The minimum atomic E-state index is -1.11. The van der Waals surface area contributed by atoms with Crippen LogP contribution in [0.25, 0.3) is 0 Å². The molecule has 0 atom stereocenters. The lowest BCUT2D eigenvalue weighted by Gasteiger charge is -2.23. The summed E-state index contributed by atoms with van der Waals surface area (Å²) in [7, 11) is 3.64. The molecule has 0 saturated carbocycles. The number of amides is 1. The first kappa shape index (κ1) is 16.6. The van der Waals surface area contributed by atoms with E-state index in [1.807, 2.05) is 19.0 Å². The fourth-order valence-corrected chi connectivity index (χ4v) is 1.98. The predicted octanol–water partition coefficient (Wildman–Crippen LogP) is 1.68. The summed E-state index contributed by atoms with van der Waals surface area (Å²) in [6.45, 7) is 0.350. The molecule has 1 aromatic rings. The number of hydrogen-bond donors (Lipinski definition) is 1. The largest absolute Gasteiger partial charge is 0.480 e. The topological polar surface area (TPSA) is 60.9 Å². The number of likely N-dealkylation sites (N-methyl/N-ethyl adjacent to an activating group) is 1. The second-order valence-electron chi connectivity index (χ2n) is 4.55. The molecule has 1 rings (SSSR count). The molecule has 0 unspecified atom stereocenters. The molecule has 0 fully saturated rings. The Morgan fingerprint density at radius 1 is 1.30 bits per heavy atom. The molecular formula is C13H16BrFN2O3. The molecule has 20 heavy (non-hydrogen) atoms. The van der Waals surface area contributed by atoms with Crippen molar-refractivity contribution < 1.29 is 19.1 Å². The van der Waals surface area contributed by atoms with Crippen LogP contribution in [0.15, 0.2) is 22.7 Å². The second kappa shape index (κ2) is 7.35. The van der Waals surface area contributed by atoms with Crippen LogP contribution in [-0.4, -0.2) is 60.5 Å². The van der Waals surface area contributed by atoms with Crippen molar-refractivity contribution in [2.75, 3.05) is 33.7 Å². The average Bonchev–Trinajstić information content (AvgIpc) is 2.36. The van der Waals surface area contributed by atoms with E-state index in [0.29, 0.717) is 11.0 Å². The van der Waals surface area contributed by atoms with Crippen molar-refractivity contribution in [3.63, 3.8) is 0 Å². The van der Waals surface area contributed by atoms with E-state index in [2.05, 4.69) is 15.9 Å². The molecule has 0 bridgehead atoms. The normalized spacial score (nSPS) is 10.7. The van der Waals surface area contributed by atoms with E-state index in [0.717, 1.165) is 6.07 Å². The summed E-state index contributed by atoms with van der Waals surface area (Å²) in [6, 6.07) is 3.74. The fourth-order valence-electron chi connectivity index (χ4n) is 1.57. The zero-order valence-corrected chi connectivity index (χ0v) is 12.9. The molecule has 1 N–H and O–H groups in total. The molecule has 0 aliphatic rings. The van der Waals surface area contributed by atoms with Crippen LogP contribution in [0.5, 0.6) is 0 Å². The molecule has 1 aromatic carbocycles. The van der Waals surface area contributed by atoms with Gasteiger partial charge < -0.3 is 14.9 Å². The van der Waals surface area contributed by atoms with Gasteiger partial charge in [-0.2, -0.15) is 0 Å². The van der Waals surface area contributed by atoms with E-state index in [-0.39, 0.29) is 12.1 Å². The van der Waals surface area contributed by atoms with Gasteiger partial charge in [0.2, 0.25) is 0 Å². The zero-order chi connectivity index (χ0) is 15.3. The lowest BCUT2D eigenvalue weighted by Crippen LogP contribution is -2.40. The van der Waals surface area contributed by atoms with Gasteiger partial charge in [0.15, 0.2) is 0 Å². The number of carboxylic acid groups (broad SMARTS) is 1. The fraction of sp³-hybridized carbons (Fsp3) is 0.385. The molecule has 0 aromatic heterocycles. The van der Waals surface area contributed by atoms with Crippen LogP contribution in [-0.2, 0) is 4.79 Å². The van der Waals surface area contributed by atoms with E-state index in [9.17, 15) is 14.0 Å². The van der Waals surface area contributed by atoms with Crippen LogP contribution in [0.2, 0.25) is 0 Å². The molecule has 0 aliphatic heterocycles. The van der Waals surface area contributed by atoms with Crippen LogP contribution < -0.4 is 0 Å². The number of carbonyl (C=O) groups is 2. The SMILES string of the molecule is CN(C)CCN(CC(=O)O)C(=O)c1cc(F)ccc1Br. The first-order valence-corrected chi connectivity index (χ1v) is 6.71. The number of hydrogen-bond acceptors (Lipinski definition) is 3. The summed E-state index contributed by atoms with van der Waals surface area (Å²) < 4.78 is 13.7. The summed E-state index contributed by atoms with van der Waals surface area (Å²) >= 11 is 3.17. The quantitative estimate of drug-likeness (QED) is 0.851. The number of nitrogens with zero attached hydrogens (tertiary/aromatic N) is 2. The maximum Gasteiger partial charge on any atom is 0.323 e. The van der Waals surface area contributed by atoms with Crippen LogP contribution in [0.1, 0.15) is 10.4 Å². The number of benzene rings is 1. The number of carboxylic acids is 1. The Morgan fingerprint density at radius 3 is 2.50 bits per heavy atom. The lowest BCUT2D eigenvalue weighted by molar-refractivity contribution is -0.137. The summed E-state index contributed by atoms with van der Waals surface area (Å²) in [5.41, 5.74) is 0.116. The minimum Gasteiger partial charge on any atom is -0.480 e. The molecule has 0 aliphatic carbocycles. The van der Waals surface area contributed by atoms with Gasteiger partial charge in [0.25, 0.3) is 5.91 Å². The van der Waals surface area contributed by atoms with Crippen molar-refractivity contribution in [3.05, 3.63) is 34.1 Å². The highest BCUT2D eigenvalue weighted by molar-refractivity contribution is 9.10.